The molecule has 0 aliphatic heterocycles. The zero-order valence-corrected chi connectivity index (χ0v) is 11.3. The van der Waals surface area contributed by atoms with Gasteiger partial charge in [-0.05, 0) is 35.9 Å². The van der Waals surface area contributed by atoms with Crippen LogP contribution in [0.2, 0.25) is 10.0 Å². The molecule has 2 rings (SSSR count). The van der Waals surface area contributed by atoms with Gasteiger partial charge in [-0.2, -0.15) is 0 Å². The van der Waals surface area contributed by atoms with Gasteiger partial charge in [0.1, 0.15) is 5.82 Å². The molecular weight excluding hydrogens is 288 g/mol. The molecule has 98 valence electrons. The minimum Gasteiger partial charge on any atom is -0.399 e. The summed E-state index contributed by atoms with van der Waals surface area (Å²) in [7, 11) is 0. The summed E-state index contributed by atoms with van der Waals surface area (Å²) in [6.45, 7) is 0. The van der Waals surface area contributed by atoms with Crippen LogP contribution in [-0.2, 0) is 6.42 Å². The van der Waals surface area contributed by atoms with E-state index in [0.717, 1.165) is 0 Å². The zero-order chi connectivity index (χ0) is 14.0. The fraction of sp³-hybridized carbons (Fsp3) is 0.0714. The molecule has 0 radical (unpaired) electrons. The van der Waals surface area contributed by atoms with Crippen LogP contribution in [0.15, 0.2) is 36.4 Å². The Labute approximate surface area is 119 Å². The average Bonchev–Trinajstić information content (AvgIpc) is 2.35. The van der Waals surface area contributed by atoms with Crippen molar-refractivity contribution < 1.29 is 9.18 Å². The second-order valence-electron chi connectivity index (χ2n) is 4.07. The summed E-state index contributed by atoms with van der Waals surface area (Å²) < 4.78 is 12.9. The van der Waals surface area contributed by atoms with Crippen molar-refractivity contribution in [2.75, 3.05) is 5.73 Å². The summed E-state index contributed by atoms with van der Waals surface area (Å²) in [5.74, 6) is -0.658. The maximum Gasteiger partial charge on any atom is 0.168 e. The lowest BCUT2D eigenvalue weighted by Crippen LogP contribution is -2.06. The van der Waals surface area contributed by atoms with Crippen molar-refractivity contribution in [2.24, 2.45) is 0 Å². The Morgan fingerprint density at radius 2 is 1.84 bits per heavy atom. The van der Waals surface area contributed by atoms with Gasteiger partial charge < -0.3 is 5.73 Å². The topological polar surface area (TPSA) is 43.1 Å². The lowest BCUT2D eigenvalue weighted by molar-refractivity contribution is 0.0993. The number of benzene rings is 2. The van der Waals surface area contributed by atoms with Crippen molar-refractivity contribution in [2.45, 2.75) is 6.42 Å². The molecule has 0 aliphatic rings. The number of nitrogen functional groups attached to an aromatic ring is 1. The normalized spacial score (nSPS) is 10.5. The summed E-state index contributed by atoms with van der Waals surface area (Å²) in [5, 5.41) is 0.547. The number of rotatable bonds is 3. The van der Waals surface area contributed by atoms with Gasteiger partial charge in [-0.15, -0.1) is 0 Å². The Hall–Kier alpha value is -1.58. The number of halogens is 3. The Morgan fingerprint density at radius 3 is 2.53 bits per heavy atom. The molecule has 0 bridgehead atoms. The van der Waals surface area contributed by atoms with E-state index in [-0.39, 0.29) is 17.2 Å². The molecular formula is C14H10Cl2FNO. The zero-order valence-electron chi connectivity index (χ0n) is 9.79. The fourth-order valence-electron chi connectivity index (χ4n) is 1.69. The number of hydrogen-bond donors (Lipinski definition) is 1. The standard InChI is InChI=1S/C14H10Cl2FNO/c15-12-4-3-10(18)7-11(12)14(19)5-8-1-2-9(17)6-13(8)16/h1-4,6-7H,5,18H2. The van der Waals surface area contributed by atoms with Crippen molar-refractivity contribution >= 4 is 34.7 Å². The summed E-state index contributed by atoms with van der Waals surface area (Å²) in [4.78, 5) is 12.1. The van der Waals surface area contributed by atoms with Crippen LogP contribution < -0.4 is 5.73 Å². The van der Waals surface area contributed by atoms with Crippen molar-refractivity contribution in [3.63, 3.8) is 0 Å². The lowest BCUT2D eigenvalue weighted by Gasteiger charge is -2.06. The minimum atomic E-state index is -0.441. The van der Waals surface area contributed by atoms with E-state index in [0.29, 0.717) is 21.8 Å². The van der Waals surface area contributed by atoms with Crippen LogP contribution in [0.25, 0.3) is 0 Å². The molecule has 0 fully saturated rings. The first-order valence-electron chi connectivity index (χ1n) is 5.49. The average molecular weight is 298 g/mol. The number of ketones is 1. The second kappa shape index (κ2) is 5.59. The molecule has 2 nitrogen and oxygen atoms in total. The molecule has 0 atom stereocenters. The van der Waals surface area contributed by atoms with Crippen LogP contribution in [0.3, 0.4) is 0 Å². The molecule has 0 unspecified atom stereocenters. The van der Waals surface area contributed by atoms with E-state index >= 15 is 0 Å². The third kappa shape index (κ3) is 3.25. The van der Waals surface area contributed by atoms with Crippen LogP contribution in [0.1, 0.15) is 15.9 Å². The first-order valence-corrected chi connectivity index (χ1v) is 6.25. The molecule has 0 saturated carbocycles. The second-order valence-corrected chi connectivity index (χ2v) is 4.89. The SMILES string of the molecule is Nc1ccc(Cl)c(C(=O)Cc2ccc(F)cc2Cl)c1. The quantitative estimate of drug-likeness (QED) is 0.683. The summed E-state index contributed by atoms with van der Waals surface area (Å²) >= 11 is 11.8. The van der Waals surface area contributed by atoms with E-state index in [2.05, 4.69) is 0 Å². The van der Waals surface area contributed by atoms with Gasteiger partial charge in [0.15, 0.2) is 5.78 Å². The highest BCUT2D eigenvalue weighted by atomic mass is 35.5. The number of anilines is 1. The molecule has 0 saturated heterocycles. The number of carbonyl (C=O) groups is 1. The maximum absolute atomic E-state index is 12.9. The molecule has 2 N–H and O–H groups in total. The molecule has 2 aromatic carbocycles. The monoisotopic (exact) mass is 297 g/mol. The van der Waals surface area contributed by atoms with Gasteiger partial charge in [-0.3, -0.25) is 4.79 Å². The van der Waals surface area contributed by atoms with Crippen molar-refractivity contribution in [3.8, 4) is 0 Å². The van der Waals surface area contributed by atoms with E-state index in [9.17, 15) is 9.18 Å². The van der Waals surface area contributed by atoms with Gasteiger partial charge in [-0.25, -0.2) is 4.39 Å². The summed E-state index contributed by atoms with van der Waals surface area (Å²) in [6, 6.07) is 8.61. The highest BCUT2D eigenvalue weighted by Gasteiger charge is 2.13. The van der Waals surface area contributed by atoms with Gasteiger partial charge in [-0.1, -0.05) is 29.3 Å². The van der Waals surface area contributed by atoms with Crippen molar-refractivity contribution in [1.29, 1.82) is 0 Å². The highest BCUT2D eigenvalue weighted by molar-refractivity contribution is 6.34. The minimum absolute atomic E-state index is 0.0439. The van der Waals surface area contributed by atoms with Crippen LogP contribution in [0.4, 0.5) is 10.1 Å². The molecule has 0 spiro atoms. The van der Waals surface area contributed by atoms with Gasteiger partial charge in [0, 0.05) is 22.7 Å². The summed E-state index contributed by atoms with van der Waals surface area (Å²) in [5.41, 5.74) is 6.96. The van der Waals surface area contributed by atoms with Crippen molar-refractivity contribution in [3.05, 3.63) is 63.4 Å². The van der Waals surface area contributed by atoms with Crippen LogP contribution in [0, 0.1) is 5.82 Å². The first-order chi connectivity index (χ1) is 8.97. The van der Waals surface area contributed by atoms with Crippen LogP contribution in [0.5, 0.6) is 0 Å². The van der Waals surface area contributed by atoms with Gasteiger partial charge in [0.05, 0.1) is 5.02 Å². The smallest absolute Gasteiger partial charge is 0.168 e. The Morgan fingerprint density at radius 1 is 1.11 bits per heavy atom. The molecule has 19 heavy (non-hydrogen) atoms. The lowest BCUT2D eigenvalue weighted by atomic mass is 10.0. The molecule has 5 heteroatoms. The Bertz CT molecular complexity index is 643. The first kappa shape index (κ1) is 13.8. The van der Waals surface area contributed by atoms with E-state index in [1.54, 1.807) is 12.1 Å². The molecule has 0 aromatic heterocycles. The highest BCUT2D eigenvalue weighted by Crippen LogP contribution is 2.23. The van der Waals surface area contributed by atoms with Gasteiger partial charge in [0.2, 0.25) is 0 Å². The number of hydrogen-bond acceptors (Lipinski definition) is 2. The number of carbonyl (C=O) groups excluding carboxylic acids is 1. The van der Waals surface area contributed by atoms with Crippen LogP contribution in [-0.4, -0.2) is 5.78 Å². The predicted molar refractivity (Wildman–Crippen MR) is 75.3 cm³/mol. The number of Topliss-reactive ketones (excluding diaryl/α,β-unsaturated/α-hetero) is 1. The Kier molecular flexibility index (Phi) is 4.08. The largest absolute Gasteiger partial charge is 0.399 e. The summed E-state index contributed by atoms with van der Waals surface area (Å²) in [6.07, 6.45) is 0.0439. The molecule has 0 amide bonds. The van der Waals surface area contributed by atoms with Gasteiger partial charge >= 0.3 is 0 Å². The molecule has 0 heterocycles. The molecule has 2 aromatic rings. The van der Waals surface area contributed by atoms with Crippen molar-refractivity contribution in [1.82, 2.24) is 0 Å². The van der Waals surface area contributed by atoms with E-state index in [4.69, 9.17) is 28.9 Å². The van der Waals surface area contributed by atoms with E-state index in [1.807, 2.05) is 0 Å². The molecule has 0 aliphatic carbocycles. The maximum atomic E-state index is 12.9. The fourth-order valence-corrected chi connectivity index (χ4v) is 2.15. The van der Waals surface area contributed by atoms with Crippen LogP contribution >= 0.6 is 23.2 Å². The third-order valence-corrected chi connectivity index (χ3v) is 3.34. The van der Waals surface area contributed by atoms with E-state index < -0.39 is 5.82 Å². The third-order valence-electron chi connectivity index (χ3n) is 2.66. The Balaban J connectivity index is 2.28. The van der Waals surface area contributed by atoms with Gasteiger partial charge in [0.25, 0.3) is 0 Å². The predicted octanol–water partition coefficient (Wildman–Crippen LogP) is 4.14. The van der Waals surface area contributed by atoms with E-state index in [1.165, 1.54) is 24.3 Å². The number of nitrogens with two attached hydrogens (primary N) is 1.